The molecular weight excluding hydrogens is 362 g/mol. The van der Waals surface area contributed by atoms with E-state index in [1.807, 2.05) is 19.9 Å². The molecule has 2 rings (SSSR count). The monoisotopic (exact) mass is 385 g/mol. The molecule has 0 saturated heterocycles. The van der Waals surface area contributed by atoms with Crippen molar-refractivity contribution in [2.75, 3.05) is 18.4 Å². The molecule has 0 heterocycles. The summed E-state index contributed by atoms with van der Waals surface area (Å²) in [5, 5.41) is 11.8. The fourth-order valence-electron chi connectivity index (χ4n) is 2.66. The van der Waals surface area contributed by atoms with Crippen molar-refractivity contribution in [1.29, 1.82) is 5.26 Å². The maximum absolute atomic E-state index is 12.8. The minimum Gasteiger partial charge on any atom is -0.321 e. The minimum absolute atomic E-state index is 0.165. The number of nitriles is 1. The van der Waals surface area contributed by atoms with Crippen LogP contribution in [-0.2, 0) is 10.0 Å². The van der Waals surface area contributed by atoms with Gasteiger partial charge >= 0.3 is 0 Å². The summed E-state index contributed by atoms with van der Waals surface area (Å²) >= 11 is 0. The van der Waals surface area contributed by atoms with Gasteiger partial charge in [0.2, 0.25) is 10.0 Å². The second-order valence-corrected chi connectivity index (χ2v) is 7.98. The van der Waals surface area contributed by atoms with Crippen LogP contribution in [0.4, 0.5) is 5.69 Å². The third-order valence-electron chi connectivity index (χ3n) is 4.00. The molecule has 1 N–H and O–H groups in total. The van der Waals surface area contributed by atoms with Crippen molar-refractivity contribution < 1.29 is 13.2 Å². The van der Waals surface area contributed by atoms with Crippen molar-refractivity contribution in [3.63, 3.8) is 0 Å². The normalized spacial score (nSPS) is 11.2. The van der Waals surface area contributed by atoms with Crippen molar-refractivity contribution in [2.24, 2.45) is 0 Å². The topological polar surface area (TPSA) is 90.3 Å². The molecule has 0 atom stereocenters. The van der Waals surface area contributed by atoms with Gasteiger partial charge in [-0.2, -0.15) is 9.57 Å². The Balaban J connectivity index is 2.21. The Morgan fingerprint density at radius 2 is 1.63 bits per heavy atom. The van der Waals surface area contributed by atoms with Crippen molar-refractivity contribution in [3.8, 4) is 6.07 Å². The van der Waals surface area contributed by atoms with E-state index in [0.29, 0.717) is 29.9 Å². The molecule has 0 fully saturated rings. The van der Waals surface area contributed by atoms with E-state index in [2.05, 4.69) is 5.32 Å². The van der Waals surface area contributed by atoms with Crippen LogP contribution in [0.15, 0.2) is 53.4 Å². The maximum atomic E-state index is 12.8. The molecular formula is C20H23N3O3S. The van der Waals surface area contributed by atoms with Gasteiger partial charge in [-0.1, -0.05) is 26.0 Å². The van der Waals surface area contributed by atoms with E-state index in [-0.39, 0.29) is 4.90 Å². The number of amides is 1. The Hall–Kier alpha value is -2.69. The zero-order valence-corrected chi connectivity index (χ0v) is 16.3. The number of para-hydroxylation sites is 1. The highest BCUT2D eigenvalue weighted by Gasteiger charge is 2.23. The lowest BCUT2D eigenvalue weighted by Gasteiger charge is -2.21. The van der Waals surface area contributed by atoms with Gasteiger partial charge in [-0.3, -0.25) is 4.79 Å². The summed E-state index contributed by atoms with van der Waals surface area (Å²) in [6, 6.07) is 14.6. The Labute approximate surface area is 160 Å². The molecule has 0 bridgehead atoms. The SMILES string of the molecule is CCCN(CCC)S(=O)(=O)c1ccc(C(=O)Nc2ccccc2C#N)cc1. The van der Waals surface area contributed by atoms with Gasteiger partial charge in [-0.05, 0) is 49.2 Å². The molecule has 0 aliphatic carbocycles. The number of sulfonamides is 1. The molecule has 2 aromatic carbocycles. The lowest BCUT2D eigenvalue weighted by Crippen LogP contribution is -2.32. The van der Waals surface area contributed by atoms with E-state index in [1.54, 1.807) is 24.3 Å². The highest BCUT2D eigenvalue weighted by molar-refractivity contribution is 7.89. The van der Waals surface area contributed by atoms with E-state index in [9.17, 15) is 13.2 Å². The van der Waals surface area contributed by atoms with Gasteiger partial charge in [0, 0.05) is 18.7 Å². The average Bonchev–Trinajstić information content (AvgIpc) is 2.68. The van der Waals surface area contributed by atoms with Crippen LogP contribution in [0.1, 0.15) is 42.6 Å². The molecule has 0 aromatic heterocycles. The van der Waals surface area contributed by atoms with Crippen molar-refractivity contribution in [3.05, 3.63) is 59.7 Å². The summed E-state index contributed by atoms with van der Waals surface area (Å²) in [6.07, 6.45) is 1.47. The molecule has 7 heteroatoms. The Kier molecular flexibility index (Phi) is 7.11. The summed E-state index contributed by atoms with van der Waals surface area (Å²) in [7, 11) is -3.58. The zero-order valence-electron chi connectivity index (χ0n) is 15.5. The second kappa shape index (κ2) is 9.31. The van der Waals surface area contributed by atoms with Crippen LogP contribution < -0.4 is 5.32 Å². The standard InChI is InChI=1S/C20H23N3O3S/c1-3-13-23(14-4-2)27(25,26)18-11-9-16(10-12-18)20(24)22-19-8-6-5-7-17(19)15-21/h5-12H,3-4,13-14H2,1-2H3,(H,22,24). The highest BCUT2D eigenvalue weighted by Crippen LogP contribution is 2.19. The Morgan fingerprint density at radius 1 is 1.04 bits per heavy atom. The van der Waals surface area contributed by atoms with E-state index in [4.69, 9.17) is 5.26 Å². The number of rotatable bonds is 8. The molecule has 0 spiro atoms. The molecule has 142 valence electrons. The van der Waals surface area contributed by atoms with Crippen molar-refractivity contribution >= 4 is 21.6 Å². The molecule has 0 unspecified atom stereocenters. The zero-order chi connectivity index (χ0) is 19.9. The number of carbonyl (C=O) groups is 1. The molecule has 0 aliphatic rings. The first-order chi connectivity index (χ1) is 12.9. The molecule has 0 radical (unpaired) electrons. The van der Waals surface area contributed by atoms with Gasteiger partial charge in [-0.15, -0.1) is 0 Å². The van der Waals surface area contributed by atoms with Crippen LogP contribution in [-0.4, -0.2) is 31.7 Å². The van der Waals surface area contributed by atoms with E-state index in [1.165, 1.54) is 28.6 Å². The maximum Gasteiger partial charge on any atom is 0.255 e. The first-order valence-electron chi connectivity index (χ1n) is 8.84. The summed E-state index contributed by atoms with van der Waals surface area (Å²) in [5.41, 5.74) is 1.10. The lowest BCUT2D eigenvalue weighted by molar-refractivity contribution is 0.102. The molecule has 27 heavy (non-hydrogen) atoms. The second-order valence-electron chi connectivity index (χ2n) is 6.04. The smallest absolute Gasteiger partial charge is 0.255 e. The fraction of sp³-hybridized carbons (Fsp3) is 0.300. The van der Waals surface area contributed by atoms with Gasteiger partial charge in [0.15, 0.2) is 0 Å². The number of hydrogen-bond donors (Lipinski definition) is 1. The summed E-state index contributed by atoms with van der Waals surface area (Å²) in [6.45, 7) is 4.79. The number of nitrogens with zero attached hydrogens (tertiary/aromatic N) is 2. The fourth-order valence-corrected chi connectivity index (χ4v) is 4.29. The molecule has 2 aromatic rings. The highest BCUT2D eigenvalue weighted by atomic mass is 32.2. The predicted molar refractivity (Wildman–Crippen MR) is 105 cm³/mol. The first kappa shape index (κ1) is 20.6. The van der Waals surface area contributed by atoms with Gasteiger partial charge in [0.05, 0.1) is 16.1 Å². The van der Waals surface area contributed by atoms with Gasteiger partial charge in [0.25, 0.3) is 5.91 Å². The summed E-state index contributed by atoms with van der Waals surface area (Å²) in [5.74, 6) is -0.402. The van der Waals surface area contributed by atoms with Crippen LogP contribution in [0.2, 0.25) is 0 Å². The van der Waals surface area contributed by atoms with Crippen LogP contribution in [0.3, 0.4) is 0 Å². The van der Waals surface area contributed by atoms with Crippen LogP contribution in [0, 0.1) is 11.3 Å². The van der Waals surface area contributed by atoms with Crippen LogP contribution in [0.25, 0.3) is 0 Å². The van der Waals surface area contributed by atoms with Gasteiger partial charge in [-0.25, -0.2) is 8.42 Å². The largest absolute Gasteiger partial charge is 0.321 e. The third-order valence-corrected chi connectivity index (χ3v) is 5.91. The lowest BCUT2D eigenvalue weighted by atomic mass is 10.1. The first-order valence-corrected chi connectivity index (χ1v) is 10.3. The summed E-state index contributed by atoms with van der Waals surface area (Å²) in [4.78, 5) is 12.6. The quantitative estimate of drug-likeness (QED) is 0.751. The van der Waals surface area contributed by atoms with Crippen LogP contribution >= 0.6 is 0 Å². The Bertz CT molecular complexity index is 926. The van der Waals surface area contributed by atoms with E-state index < -0.39 is 15.9 Å². The average molecular weight is 385 g/mol. The number of carbonyl (C=O) groups excluding carboxylic acids is 1. The number of benzene rings is 2. The van der Waals surface area contributed by atoms with E-state index >= 15 is 0 Å². The predicted octanol–water partition coefficient (Wildman–Crippen LogP) is 3.62. The molecule has 0 saturated carbocycles. The molecule has 0 aliphatic heterocycles. The Morgan fingerprint density at radius 3 is 2.19 bits per heavy atom. The number of anilines is 1. The number of hydrogen-bond acceptors (Lipinski definition) is 4. The van der Waals surface area contributed by atoms with Gasteiger partial charge < -0.3 is 5.32 Å². The van der Waals surface area contributed by atoms with Gasteiger partial charge in [0.1, 0.15) is 6.07 Å². The minimum atomic E-state index is -3.58. The van der Waals surface area contributed by atoms with Crippen molar-refractivity contribution in [1.82, 2.24) is 4.31 Å². The molecule has 6 nitrogen and oxygen atoms in total. The van der Waals surface area contributed by atoms with Crippen molar-refractivity contribution in [2.45, 2.75) is 31.6 Å². The van der Waals surface area contributed by atoms with E-state index in [0.717, 1.165) is 12.8 Å². The third kappa shape index (κ3) is 4.94. The molecule has 1 amide bonds. The summed E-state index contributed by atoms with van der Waals surface area (Å²) < 4.78 is 27.0. The van der Waals surface area contributed by atoms with Crippen LogP contribution in [0.5, 0.6) is 0 Å². The number of nitrogens with one attached hydrogen (secondary N) is 1.